The summed E-state index contributed by atoms with van der Waals surface area (Å²) in [7, 11) is 2.05. The molecule has 3 heterocycles. The smallest absolute Gasteiger partial charge is 0.236 e. The van der Waals surface area contributed by atoms with Gasteiger partial charge >= 0.3 is 0 Å². The van der Waals surface area contributed by atoms with Crippen LogP contribution in [-0.4, -0.2) is 16.9 Å². The molecular weight excluding hydrogens is 284 g/mol. The van der Waals surface area contributed by atoms with E-state index < -0.39 is 0 Å². The van der Waals surface area contributed by atoms with Crippen LogP contribution in [0.2, 0.25) is 0 Å². The van der Waals surface area contributed by atoms with Crippen molar-refractivity contribution in [2.24, 2.45) is 0 Å². The number of aromatic nitrogens is 1. The molecule has 0 N–H and O–H groups in total. The number of furan rings is 1. The third-order valence-electron chi connectivity index (χ3n) is 3.27. The number of rotatable bonds is 5. The van der Waals surface area contributed by atoms with Crippen molar-refractivity contribution < 1.29 is 8.83 Å². The van der Waals surface area contributed by atoms with E-state index in [9.17, 15) is 0 Å². The van der Waals surface area contributed by atoms with Gasteiger partial charge in [0, 0.05) is 6.54 Å². The molecule has 4 nitrogen and oxygen atoms in total. The molecule has 5 heteroatoms. The lowest BCUT2D eigenvalue weighted by Gasteiger charge is -2.13. The minimum Gasteiger partial charge on any atom is -0.465 e. The highest BCUT2D eigenvalue weighted by atomic mass is 32.1. The van der Waals surface area contributed by atoms with Crippen LogP contribution in [0, 0.1) is 13.8 Å². The highest BCUT2D eigenvalue weighted by molar-refractivity contribution is 7.13. The highest BCUT2D eigenvalue weighted by Gasteiger charge is 2.14. The molecule has 0 bridgehead atoms. The molecule has 0 spiro atoms. The maximum Gasteiger partial charge on any atom is 0.236 e. The summed E-state index contributed by atoms with van der Waals surface area (Å²) < 4.78 is 11.4. The largest absolute Gasteiger partial charge is 0.465 e. The molecule has 0 saturated carbocycles. The van der Waals surface area contributed by atoms with Crippen molar-refractivity contribution in [3.05, 3.63) is 52.6 Å². The van der Waals surface area contributed by atoms with Crippen molar-refractivity contribution in [3.8, 4) is 10.8 Å². The maximum absolute atomic E-state index is 5.76. The lowest BCUT2D eigenvalue weighted by molar-refractivity contribution is 0.281. The summed E-state index contributed by atoms with van der Waals surface area (Å²) >= 11 is 1.64. The van der Waals surface area contributed by atoms with E-state index in [0.29, 0.717) is 5.89 Å². The first kappa shape index (κ1) is 14.1. The fraction of sp³-hybridized carbons (Fsp3) is 0.312. The van der Waals surface area contributed by atoms with Crippen LogP contribution in [-0.2, 0) is 13.1 Å². The molecule has 110 valence electrons. The molecule has 0 radical (unpaired) electrons. The lowest BCUT2D eigenvalue weighted by atomic mass is 10.3. The van der Waals surface area contributed by atoms with E-state index in [1.807, 2.05) is 43.5 Å². The van der Waals surface area contributed by atoms with Crippen LogP contribution in [0.5, 0.6) is 0 Å². The van der Waals surface area contributed by atoms with Crippen LogP contribution in [0.1, 0.15) is 23.0 Å². The predicted molar refractivity (Wildman–Crippen MR) is 83.2 cm³/mol. The van der Waals surface area contributed by atoms with Crippen LogP contribution in [0.25, 0.3) is 10.8 Å². The SMILES string of the molecule is Cc1ccc(CN(C)Cc2nc(-c3cccs3)oc2C)o1. The van der Waals surface area contributed by atoms with Crippen molar-refractivity contribution >= 4 is 11.3 Å². The van der Waals surface area contributed by atoms with E-state index in [-0.39, 0.29) is 0 Å². The zero-order chi connectivity index (χ0) is 14.8. The molecule has 0 saturated heterocycles. The monoisotopic (exact) mass is 302 g/mol. The summed E-state index contributed by atoms with van der Waals surface area (Å²) in [5.41, 5.74) is 0.976. The van der Waals surface area contributed by atoms with Gasteiger partial charge in [-0.15, -0.1) is 11.3 Å². The second kappa shape index (κ2) is 5.87. The van der Waals surface area contributed by atoms with Crippen molar-refractivity contribution in [3.63, 3.8) is 0 Å². The van der Waals surface area contributed by atoms with E-state index >= 15 is 0 Å². The van der Waals surface area contributed by atoms with Gasteiger partial charge in [0.15, 0.2) is 0 Å². The third-order valence-corrected chi connectivity index (χ3v) is 4.12. The summed E-state index contributed by atoms with van der Waals surface area (Å²) in [4.78, 5) is 7.84. The summed E-state index contributed by atoms with van der Waals surface area (Å²) in [6.07, 6.45) is 0. The molecule has 0 aliphatic heterocycles. The predicted octanol–water partition coefficient (Wildman–Crippen LogP) is 4.24. The Bertz CT molecular complexity index is 713. The van der Waals surface area contributed by atoms with Gasteiger partial charge < -0.3 is 8.83 Å². The molecule has 21 heavy (non-hydrogen) atoms. The van der Waals surface area contributed by atoms with E-state index in [1.54, 1.807) is 11.3 Å². The van der Waals surface area contributed by atoms with E-state index in [2.05, 4.69) is 16.9 Å². The Labute approximate surface area is 128 Å². The van der Waals surface area contributed by atoms with Crippen molar-refractivity contribution in [2.45, 2.75) is 26.9 Å². The Morgan fingerprint density at radius 1 is 1.14 bits per heavy atom. The quantitative estimate of drug-likeness (QED) is 0.707. The van der Waals surface area contributed by atoms with Crippen molar-refractivity contribution in [1.29, 1.82) is 0 Å². The minimum atomic E-state index is 0.708. The average molecular weight is 302 g/mol. The zero-order valence-electron chi connectivity index (χ0n) is 12.4. The Balaban J connectivity index is 1.70. The molecule has 0 aliphatic carbocycles. The number of thiophene rings is 1. The Morgan fingerprint density at radius 3 is 2.67 bits per heavy atom. The molecule has 0 aromatic carbocycles. The average Bonchev–Trinajstić information content (AvgIpc) is 3.13. The number of aryl methyl sites for hydroxylation is 2. The normalized spacial score (nSPS) is 11.4. The lowest BCUT2D eigenvalue weighted by Crippen LogP contribution is -2.17. The van der Waals surface area contributed by atoms with Gasteiger partial charge in [-0.05, 0) is 44.5 Å². The van der Waals surface area contributed by atoms with Crippen LogP contribution >= 0.6 is 11.3 Å². The molecule has 0 fully saturated rings. The molecule has 3 aromatic rings. The Kier molecular flexibility index (Phi) is 3.94. The van der Waals surface area contributed by atoms with Gasteiger partial charge in [-0.1, -0.05) is 6.07 Å². The first-order chi connectivity index (χ1) is 10.1. The number of nitrogens with zero attached hydrogens (tertiary/aromatic N) is 2. The number of oxazole rings is 1. The molecule has 0 atom stereocenters. The van der Waals surface area contributed by atoms with Gasteiger partial charge in [-0.2, -0.15) is 0 Å². The molecular formula is C16H18N2O2S. The van der Waals surface area contributed by atoms with E-state index in [1.165, 1.54) is 0 Å². The minimum absolute atomic E-state index is 0.708. The number of hydrogen-bond donors (Lipinski definition) is 0. The van der Waals surface area contributed by atoms with Gasteiger partial charge in [0.25, 0.3) is 0 Å². The molecule has 3 aromatic heterocycles. The van der Waals surface area contributed by atoms with Gasteiger partial charge in [0.2, 0.25) is 5.89 Å². The van der Waals surface area contributed by atoms with E-state index in [0.717, 1.165) is 40.9 Å². The van der Waals surface area contributed by atoms with E-state index in [4.69, 9.17) is 8.83 Å². The Hall–Kier alpha value is -1.85. The van der Waals surface area contributed by atoms with Gasteiger partial charge in [0.1, 0.15) is 17.3 Å². The standard InChI is InChI=1S/C16H18N2O2S/c1-11-6-7-13(19-11)9-18(3)10-14-12(2)20-16(17-14)15-5-4-8-21-15/h4-8H,9-10H2,1-3H3. The fourth-order valence-electron chi connectivity index (χ4n) is 2.23. The van der Waals surface area contributed by atoms with Gasteiger partial charge in [0.05, 0.1) is 17.1 Å². The zero-order valence-corrected chi connectivity index (χ0v) is 13.2. The fourth-order valence-corrected chi connectivity index (χ4v) is 2.88. The molecule has 0 unspecified atom stereocenters. The highest BCUT2D eigenvalue weighted by Crippen LogP contribution is 2.26. The second-order valence-corrected chi connectivity index (χ2v) is 6.13. The molecule has 0 amide bonds. The summed E-state index contributed by atoms with van der Waals surface area (Å²) in [6.45, 7) is 5.41. The van der Waals surface area contributed by atoms with Crippen LogP contribution < -0.4 is 0 Å². The van der Waals surface area contributed by atoms with Crippen molar-refractivity contribution in [2.75, 3.05) is 7.05 Å². The van der Waals surface area contributed by atoms with Crippen LogP contribution in [0.15, 0.2) is 38.5 Å². The third kappa shape index (κ3) is 3.25. The maximum atomic E-state index is 5.76. The Morgan fingerprint density at radius 2 is 2.00 bits per heavy atom. The van der Waals surface area contributed by atoms with Crippen LogP contribution in [0.3, 0.4) is 0 Å². The first-order valence-electron chi connectivity index (χ1n) is 6.86. The van der Waals surface area contributed by atoms with Crippen molar-refractivity contribution in [1.82, 2.24) is 9.88 Å². The van der Waals surface area contributed by atoms with Gasteiger partial charge in [-0.3, -0.25) is 4.90 Å². The second-order valence-electron chi connectivity index (χ2n) is 5.18. The molecule has 3 rings (SSSR count). The van der Waals surface area contributed by atoms with Gasteiger partial charge in [-0.25, -0.2) is 4.98 Å². The summed E-state index contributed by atoms with van der Waals surface area (Å²) in [5.74, 6) is 3.49. The summed E-state index contributed by atoms with van der Waals surface area (Å²) in [6, 6.07) is 8.03. The van der Waals surface area contributed by atoms with Crippen LogP contribution in [0.4, 0.5) is 0 Å². The first-order valence-corrected chi connectivity index (χ1v) is 7.74. The molecule has 0 aliphatic rings. The topological polar surface area (TPSA) is 42.4 Å². The summed E-state index contributed by atoms with van der Waals surface area (Å²) in [5, 5.41) is 2.03. The number of hydrogen-bond acceptors (Lipinski definition) is 5.